The molecule has 3 N–H and O–H groups in total. The second-order valence-corrected chi connectivity index (χ2v) is 5.75. The molecule has 21 heavy (non-hydrogen) atoms. The van der Waals surface area contributed by atoms with Crippen molar-refractivity contribution in [2.45, 2.75) is 25.3 Å². The summed E-state index contributed by atoms with van der Waals surface area (Å²) in [5.41, 5.74) is 6.93. The van der Waals surface area contributed by atoms with E-state index in [-0.39, 0.29) is 11.9 Å². The number of nitrogens with two attached hydrogens (primary N) is 1. The molecule has 1 heterocycles. The van der Waals surface area contributed by atoms with E-state index in [1.165, 1.54) is 31.5 Å². The largest absolute Gasteiger partial charge is 0.409 e. The number of hydrogen-bond acceptors (Lipinski definition) is 4. The molecule has 0 radical (unpaired) electrons. The van der Waals surface area contributed by atoms with Crippen LogP contribution in [0.4, 0.5) is 0 Å². The van der Waals surface area contributed by atoms with Gasteiger partial charge in [0.05, 0.1) is 0 Å². The second-order valence-electron chi connectivity index (χ2n) is 5.75. The first-order valence-electron chi connectivity index (χ1n) is 7.64. The third-order valence-electron chi connectivity index (χ3n) is 4.21. The zero-order valence-electron chi connectivity index (χ0n) is 12.8. The van der Waals surface area contributed by atoms with Gasteiger partial charge in [-0.2, -0.15) is 0 Å². The van der Waals surface area contributed by atoms with Crippen molar-refractivity contribution in [1.29, 1.82) is 0 Å². The van der Waals surface area contributed by atoms with Crippen LogP contribution >= 0.6 is 0 Å². The third kappa shape index (κ3) is 4.72. The van der Waals surface area contributed by atoms with E-state index in [2.05, 4.69) is 34.1 Å². The van der Waals surface area contributed by atoms with Crippen molar-refractivity contribution in [2.24, 2.45) is 10.9 Å². The van der Waals surface area contributed by atoms with Gasteiger partial charge in [0.2, 0.25) is 0 Å². The minimum Gasteiger partial charge on any atom is -0.409 e. The highest BCUT2D eigenvalue weighted by Crippen LogP contribution is 2.23. The molecule has 0 amide bonds. The zero-order chi connectivity index (χ0) is 15.1. The lowest BCUT2D eigenvalue weighted by Gasteiger charge is -2.29. The maximum atomic E-state index is 8.85. The fraction of sp³-hybridized carbons (Fsp3) is 0.562. The smallest absolute Gasteiger partial charge is 0.141 e. The molecule has 0 spiro atoms. The molecule has 1 aliphatic rings. The highest BCUT2D eigenvalue weighted by molar-refractivity contribution is 5.80. The maximum absolute atomic E-state index is 8.85. The minimum absolute atomic E-state index is 0.143. The van der Waals surface area contributed by atoms with Gasteiger partial charge in [0, 0.05) is 25.6 Å². The van der Waals surface area contributed by atoms with Crippen molar-refractivity contribution in [1.82, 2.24) is 9.80 Å². The summed E-state index contributed by atoms with van der Waals surface area (Å²) in [6.45, 7) is 4.49. The van der Waals surface area contributed by atoms with E-state index in [9.17, 15) is 0 Å². The van der Waals surface area contributed by atoms with E-state index >= 15 is 0 Å². The van der Waals surface area contributed by atoms with Crippen LogP contribution in [0.2, 0.25) is 0 Å². The molecule has 1 fully saturated rings. The van der Waals surface area contributed by atoms with E-state index in [0.29, 0.717) is 6.42 Å². The summed E-state index contributed by atoms with van der Waals surface area (Å²) in [5.74, 6) is 0.275. The normalized spacial score (nSPS) is 18.3. The van der Waals surface area contributed by atoms with E-state index < -0.39 is 0 Å². The second kappa shape index (κ2) is 8.00. The molecule has 2 rings (SSSR count). The van der Waals surface area contributed by atoms with Crippen LogP contribution in [0.5, 0.6) is 0 Å². The van der Waals surface area contributed by atoms with Gasteiger partial charge >= 0.3 is 0 Å². The maximum Gasteiger partial charge on any atom is 0.141 e. The Morgan fingerprint density at radius 1 is 1.33 bits per heavy atom. The Morgan fingerprint density at radius 3 is 2.62 bits per heavy atom. The molecule has 116 valence electrons. The fourth-order valence-corrected chi connectivity index (χ4v) is 2.90. The number of likely N-dealkylation sites (tertiary alicyclic amines) is 1. The van der Waals surface area contributed by atoms with Gasteiger partial charge in [-0.25, -0.2) is 0 Å². The standard InChI is InChI=1S/C16H26N4O/c1-19(11-12-20-9-5-6-10-20)15(13-16(17)18-21)14-7-3-2-4-8-14/h2-4,7-8,15,21H,5-6,9-13H2,1H3,(H2,17,18). The Kier molecular flexibility index (Phi) is 6.02. The number of oxime groups is 1. The average molecular weight is 290 g/mol. The molecule has 1 unspecified atom stereocenters. The lowest BCUT2D eigenvalue weighted by Crippen LogP contribution is -2.35. The van der Waals surface area contributed by atoms with Crippen molar-refractivity contribution in [3.8, 4) is 0 Å². The molecule has 0 aliphatic carbocycles. The topological polar surface area (TPSA) is 65.1 Å². The number of rotatable bonds is 7. The Morgan fingerprint density at radius 2 is 2.00 bits per heavy atom. The van der Waals surface area contributed by atoms with Crippen LogP contribution in [0.3, 0.4) is 0 Å². The van der Waals surface area contributed by atoms with Gasteiger partial charge in [0.25, 0.3) is 0 Å². The molecule has 5 nitrogen and oxygen atoms in total. The number of likely N-dealkylation sites (N-methyl/N-ethyl adjacent to an activating group) is 1. The van der Waals surface area contributed by atoms with Gasteiger partial charge in [-0.05, 0) is 38.5 Å². The molecular formula is C16H26N4O. The van der Waals surface area contributed by atoms with Gasteiger partial charge in [0.1, 0.15) is 5.84 Å². The highest BCUT2D eigenvalue weighted by atomic mass is 16.4. The molecule has 1 aliphatic heterocycles. The van der Waals surface area contributed by atoms with E-state index in [1.807, 2.05) is 18.2 Å². The van der Waals surface area contributed by atoms with Crippen LogP contribution < -0.4 is 5.73 Å². The van der Waals surface area contributed by atoms with Crippen LogP contribution in [-0.2, 0) is 0 Å². The number of benzene rings is 1. The summed E-state index contributed by atoms with van der Waals surface area (Å²) in [7, 11) is 2.11. The first-order chi connectivity index (χ1) is 10.2. The van der Waals surface area contributed by atoms with Crippen LogP contribution in [0.1, 0.15) is 30.9 Å². The monoisotopic (exact) mass is 290 g/mol. The lowest BCUT2D eigenvalue weighted by molar-refractivity contribution is 0.208. The van der Waals surface area contributed by atoms with Crippen LogP contribution in [0.25, 0.3) is 0 Å². The van der Waals surface area contributed by atoms with E-state index in [4.69, 9.17) is 10.9 Å². The van der Waals surface area contributed by atoms with Gasteiger partial charge in [0.15, 0.2) is 0 Å². The van der Waals surface area contributed by atoms with Crippen molar-refractivity contribution >= 4 is 5.84 Å². The van der Waals surface area contributed by atoms with Gasteiger partial charge < -0.3 is 15.8 Å². The predicted octanol–water partition coefficient (Wildman–Crippen LogP) is 1.89. The Labute approximate surface area is 127 Å². The molecule has 1 atom stereocenters. The molecule has 1 aromatic carbocycles. The Hall–Kier alpha value is -1.59. The SMILES string of the molecule is CN(CCN1CCCC1)C(CC(N)=NO)c1ccccc1. The molecule has 1 aromatic rings. The average Bonchev–Trinajstić information content (AvgIpc) is 3.04. The van der Waals surface area contributed by atoms with Gasteiger partial charge in [-0.3, -0.25) is 4.90 Å². The Balaban J connectivity index is 1.99. The van der Waals surface area contributed by atoms with Crippen LogP contribution in [0.15, 0.2) is 35.5 Å². The Bertz CT molecular complexity index is 443. The number of nitrogens with zero attached hydrogens (tertiary/aromatic N) is 3. The first kappa shape index (κ1) is 15.8. The third-order valence-corrected chi connectivity index (χ3v) is 4.21. The van der Waals surface area contributed by atoms with Crippen molar-refractivity contribution < 1.29 is 5.21 Å². The van der Waals surface area contributed by atoms with Crippen LogP contribution in [0, 0.1) is 0 Å². The summed E-state index contributed by atoms with van der Waals surface area (Å²) in [5, 5.41) is 12.0. The zero-order valence-corrected chi connectivity index (χ0v) is 12.8. The summed E-state index contributed by atoms with van der Waals surface area (Å²) in [6, 6.07) is 10.4. The highest BCUT2D eigenvalue weighted by Gasteiger charge is 2.20. The van der Waals surface area contributed by atoms with E-state index in [0.717, 1.165) is 13.1 Å². The lowest BCUT2D eigenvalue weighted by atomic mass is 10.0. The molecule has 0 bridgehead atoms. The molecule has 5 heteroatoms. The van der Waals surface area contributed by atoms with Crippen LogP contribution in [-0.4, -0.2) is 54.1 Å². The van der Waals surface area contributed by atoms with Gasteiger partial charge in [-0.15, -0.1) is 0 Å². The molecular weight excluding hydrogens is 264 g/mol. The summed E-state index contributed by atoms with van der Waals surface area (Å²) in [6.07, 6.45) is 3.17. The van der Waals surface area contributed by atoms with Crippen molar-refractivity contribution in [3.63, 3.8) is 0 Å². The summed E-state index contributed by atoms with van der Waals surface area (Å²) in [4.78, 5) is 4.80. The molecule has 0 aromatic heterocycles. The molecule has 1 saturated heterocycles. The minimum atomic E-state index is 0.143. The summed E-state index contributed by atoms with van der Waals surface area (Å²) < 4.78 is 0. The fourth-order valence-electron chi connectivity index (χ4n) is 2.90. The van der Waals surface area contributed by atoms with Gasteiger partial charge in [-0.1, -0.05) is 35.5 Å². The van der Waals surface area contributed by atoms with Crippen molar-refractivity contribution in [2.75, 3.05) is 33.2 Å². The summed E-state index contributed by atoms with van der Waals surface area (Å²) >= 11 is 0. The number of amidine groups is 1. The molecule has 0 saturated carbocycles. The quantitative estimate of drug-likeness (QED) is 0.348. The first-order valence-corrected chi connectivity index (χ1v) is 7.64. The predicted molar refractivity (Wildman–Crippen MR) is 85.5 cm³/mol. The van der Waals surface area contributed by atoms with E-state index in [1.54, 1.807) is 0 Å². The van der Waals surface area contributed by atoms with Crippen molar-refractivity contribution in [3.05, 3.63) is 35.9 Å². The number of hydrogen-bond donors (Lipinski definition) is 2.